The molecule has 2 aliphatic heterocycles. The Labute approximate surface area is 193 Å². The number of hydrogen-bond acceptors (Lipinski definition) is 6. The predicted octanol–water partition coefficient (Wildman–Crippen LogP) is 4.18. The Hall–Kier alpha value is -2.80. The minimum absolute atomic E-state index is 0.0491. The third-order valence-corrected chi connectivity index (χ3v) is 7.66. The van der Waals surface area contributed by atoms with Gasteiger partial charge in [-0.3, -0.25) is 4.79 Å². The molecule has 0 aliphatic carbocycles. The van der Waals surface area contributed by atoms with Gasteiger partial charge in [0.05, 0.1) is 13.0 Å². The van der Waals surface area contributed by atoms with E-state index in [0.29, 0.717) is 5.91 Å². The lowest BCUT2D eigenvalue weighted by Gasteiger charge is -2.40. The highest BCUT2D eigenvalue weighted by Crippen LogP contribution is 2.33. The first-order valence-electron chi connectivity index (χ1n) is 11.4. The summed E-state index contributed by atoms with van der Waals surface area (Å²) in [6, 6.07) is 12.5. The molecule has 2 fully saturated rings. The van der Waals surface area contributed by atoms with Crippen LogP contribution < -0.4 is 14.5 Å². The number of amides is 1. The number of methoxy groups -OCH3 is 1. The van der Waals surface area contributed by atoms with E-state index in [1.54, 1.807) is 18.4 Å². The molecule has 7 heteroatoms. The van der Waals surface area contributed by atoms with Crippen molar-refractivity contribution >= 4 is 38.8 Å². The lowest BCUT2D eigenvalue weighted by atomic mass is 9.96. The molecule has 0 radical (unpaired) electrons. The third kappa shape index (κ3) is 4.13. The standard InChI is InChI=1S/C25H30N4O2S/c1-18-16-22-23(32-18)9-10-26-24(22)29-11-3-4-19(17-29)25(30)28-14-12-27(13-15-28)20-5-7-21(31-2)8-6-20/h5-10,16,19H,3-4,11-15,17H2,1-2H3/t19-/m1/s1. The zero-order valence-corrected chi connectivity index (χ0v) is 19.6. The number of aryl methyl sites for hydroxylation is 1. The fourth-order valence-corrected chi connectivity index (χ4v) is 5.85. The van der Waals surface area contributed by atoms with E-state index >= 15 is 0 Å². The highest BCUT2D eigenvalue weighted by molar-refractivity contribution is 7.19. The number of rotatable bonds is 4. The predicted molar refractivity (Wildman–Crippen MR) is 131 cm³/mol. The number of anilines is 2. The van der Waals surface area contributed by atoms with Gasteiger partial charge in [-0.05, 0) is 56.2 Å². The van der Waals surface area contributed by atoms with Gasteiger partial charge in [0.1, 0.15) is 11.6 Å². The summed E-state index contributed by atoms with van der Waals surface area (Å²) in [5, 5.41) is 1.22. The van der Waals surface area contributed by atoms with Gasteiger partial charge in [-0.1, -0.05) is 0 Å². The molecule has 1 aromatic carbocycles. The third-order valence-electron chi connectivity index (χ3n) is 6.65. The molecule has 0 saturated carbocycles. The number of thiophene rings is 1. The van der Waals surface area contributed by atoms with Crippen LogP contribution in [-0.4, -0.2) is 62.2 Å². The first-order valence-corrected chi connectivity index (χ1v) is 12.2. The minimum atomic E-state index is 0.0491. The smallest absolute Gasteiger partial charge is 0.227 e. The maximum absolute atomic E-state index is 13.4. The lowest BCUT2D eigenvalue weighted by Crippen LogP contribution is -2.52. The van der Waals surface area contributed by atoms with Crippen molar-refractivity contribution < 1.29 is 9.53 Å². The zero-order valence-electron chi connectivity index (χ0n) is 18.8. The van der Waals surface area contributed by atoms with Gasteiger partial charge in [-0.15, -0.1) is 11.3 Å². The molecule has 32 heavy (non-hydrogen) atoms. The number of piperidine rings is 1. The van der Waals surface area contributed by atoms with Gasteiger partial charge in [-0.2, -0.15) is 0 Å². The number of hydrogen-bond donors (Lipinski definition) is 0. The van der Waals surface area contributed by atoms with Crippen molar-refractivity contribution in [2.45, 2.75) is 19.8 Å². The first-order chi connectivity index (χ1) is 15.6. The van der Waals surface area contributed by atoms with E-state index < -0.39 is 0 Å². The van der Waals surface area contributed by atoms with Crippen LogP contribution >= 0.6 is 11.3 Å². The van der Waals surface area contributed by atoms with Gasteiger partial charge in [0.25, 0.3) is 0 Å². The highest BCUT2D eigenvalue weighted by atomic mass is 32.1. The summed E-state index contributed by atoms with van der Waals surface area (Å²) in [6.07, 6.45) is 3.90. The van der Waals surface area contributed by atoms with Crippen molar-refractivity contribution in [2.75, 3.05) is 56.2 Å². The van der Waals surface area contributed by atoms with Crippen LogP contribution in [0.4, 0.5) is 11.5 Å². The fraction of sp³-hybridized carbons (Fsp3) is 0.440. The van der Waals surface area contributed by atoms with Crippen molar-refractivity contribution in [1.29, 1.82) is 0 Å². The Morgan fingerprint density at radius 2 is 1.84 bits per heavy atom. The van der Waals surface area contributed by atoms with E-state index in [0.717, 1.165) is 63.7 Å². The number of piperazine rings is 1. The van der Waals surface area contributed by atoms with Crippen LogP contribution in [0.5, 0.6) is 5.75 Å². The Bertz CT molecular complexity index is 1090. The average molecular weight is 451 g/mol. The van der Waals surface area contributed by atoms with Gasteiger partial charge < -0.3 is 19.4 Å². The van der Waals surface area contributed by atoms with Crippen LogP contribution in [0.15, 0.2) is 42.6 Å². The Morgan fingerprint density at radius 3 is 2.59 bits per heavy atom. The first kappa shape index (κ1) is 21.1. The largest absolute Gasteiger partial charge is 0.497 e. The van der Waals surface area contributed by atoms with Crippen LogP contribution in [-0.2, 0) is 4.79 Å². The normalized spacial score (nSPS) is 19.4. The molecule has 2 saturated heterocycles. The average Bonchev–Trinajstić information content (AvgIpc) is 3.24. The molecule has 0 unspecified atom stereocenters. The Morgan fingerprint density at radius 1 is 1.06 bits per heavy atom. The summed E-state index contributed by atoms with van der Waals surface area (Å²) in [5.41, 5.74) is 1.19. The van der Waals surface area contributed by atoms with Gasteiger partial charge >= 0.3 is 0 Å². The molecule has 0 N–H and O–H groups in total. The van der Waals surface area contributed by atoms with Crippen molar-refractivity contribution in [1.82, 2.24) is 9.88 Å². The summed E-state index contributed by atoms with van der Waals surface area (Å²) in [6.45, 7) is 7.15. The fourth-order valence-electron chi connectivity index (χ4n) is 4.94. The maximum Gasteiger partial charge on any atom is 0.227 e. The minimum Gasteiger partial charge on any atom is -0.497 e. The van der Waals surface area contributed by atoms with E-state index in [1.807, 2.05) is 18.3 Å². The molecule has 6 nitrogen and oxygen atoms in total. The summed E-state index contributed by atoms with van der Waals surface area (Å²) in [7, 11) is 1.68. The number of ether oxygens (including phenoxy) is 1. The van der Waals surface area contributed by atoms with Crippen LogP contribution in [0.1, 0.15) is 17.7 Å². The summed E-state index contributed by atoms with van der Waals surface area (Å²) >= 11 is 1.81. The monoisotopic (exact) mass is 450 g/mol. The maximum atomic E-state index is 13.4. The molecule has 0 bridgehead atoms. The molecule has 1 atom stereocenters. The molecular weight excluding hydrogens is 420 g/mol. The Balaban J connectivity index is 1.23. The molecular formula is C25H30N4O2S. The van der Waals surface area contributed by atoms with E-state index in [-0.39, 0.29) is 5.92 Å². The highest BCUT2D eigenvalue weighted by Gasteiger charge is 2.32. The number of fused-ring (bicyclic) bond motifs is 1. The molecule has 0 spiro atoms. The molecule has 2 aliphatic rings. The molecule has 2 aromatic heterocycles. The number of pyridine rings is 1. The number of carbonyl (C=O) groups is 1. The zero-order chi connectivity index (χ0) is 22.1. The number of aromatic nitrogens is 1. The van der Waals surface area contributed by atoms with Gasteiger partial charge in [0.2, 0.25) is 5.91 Å². The second-order valence-electron chi connectivity index (χ2n) is 8.70. The SMILES string of the molecule is COc1ccc(N2CCN(C(=O)[C@@H]3CCCN(c4nccc5sc(C)cc45)C3)CC2)cc1. The van der Waals surface area contributed by atoms with E-state index in [4.69, 9.17) is 9.72 Å². The quantitative estimate of drug-likeness (QED) is 0.597. The number of carbonyl (C=O) groups excluding carboxylic acids is 1. The molecule has 1 amide bonds. The summed E-state index contributed by atoms with van der Waals surface area (Å²) in [5.74, 6) is 2.26. The number of nitrogens with zero attached hydrogens (tertiary/aromatic N) is 4. The van der Waals surface area contributed by atoms with Gasteiger partial charge in [0, 0.05) is 66.1 Å². The summed E-state index contributed by atoms with van der Waals surface area (Å²) < 4.78 is 6.53. The lowest BCUT2D eigenvalue weighted by molar-refractivity contribution is -0.136. The van der Waals surface area contributed by atoms with E-state index in [9.17, 15) is 4.79 Å². The van der Waals surface area contributed by atoms with E-state index in [1.165, 1.54) is 20.7 Å². The van der Waals surface area contributed by atoms with Crippen molar-refractivity contribution in [2.24, 2.45) is 5.92 Å². The molecule has 3 aromatic rings. The van der Waals surface area contributed by atoms with Gasteiger partial charge in [-0.25, -0.2) is 4.98 Å². The second kappa shape index (κ2) is 8.98. The van der Waals surface area contributed by atoms with Gasteiger partial charge in [0.15, 0.2) is 0 Å². The molecule has 4 heterocycles. The van der Waals surface area contributed by atoms with Crippen LogP contribution in [0.25, 0.3) is 10.1 Å². The second-order valence-corrected chi connectivity index (χ2v) is 9.99. The van der Waals surface area contributed by atoms with Crippen molar-refractivity contribution in [3.05, 3.63) is 47.5 Å². The van der Waals surface area contributed by atoms with Crippen LogP contribution in [0.3, 0.4) is 0 Å². The van der Waals surface area contributed by atoms with Crippen molar-refractivity contribution in [3.8, 4) is 5.75 Å². The van der Waals surface area contributed by atoms with Crippen molar-refractivity contribution in [3.63, 3.8) is 0 Å². The topological polar surface area (TPSA) is 48.9 Å². The van der Waals surface area contributed by atoms with E-state index in [2.05, 4.69) is 45.9 Å². The van der Waals surface area contributed by atoms with Crippen LogP contribution in [0, 0.1) is 12.8 Å². The Kier molecular flexibility index (Phi) is 5.91. The summed E-state index contributed by atoms with van der Waals surface area (Å²) in [4.78, 5) is 26.1. The van der Waals surface area contributed by atoms with Crippen LogP contribution in [0.2, 0.25) is 0 Å². The number of benzene rings is 1. The molecule has 168 valence electrons. The molecule has 5 rings (SSSR count).